The number of oxime groups is 1. The number of aromatic nitrogens is 4. The van der Waals surface area contributed by atoms with Crippen LogP contribution in [0.25, 0.3) is 0 Å². The summed E-state index contributed by atoms with van der Waals surface area (Å²) in [7, 11) is 0. The first-order valence-electron chi connectivity index (χ1n) is 10.2. The molecule has 180 valence electrons. The number of carbonyl (C=O) groups is 3. The van der Waals surface area contributed by atoms with Crippen LogP contribution in [0, 0.1) is 20.8 Å². The van der Waals surface area contributed by atoms with E-state index in [1.807, 2.05) is 0 Å². The molecule has 0 radical (unpaired) electrons. The third kappa shape index (κ3) is 4.85. The molecule has 0 aliphatic heterocycles. The number of nitrogen functional groups attached to an aromatic ring is 1. The number of anilines is 3. The van der Waals surface area contributed by atoms with Crippen LogP contribution >= 0.6 is 0 Å². The molecule has 3 aromatic heterocycles. The number of carbonyl (C=O) groups excluding carboxylic acids is 3. The molecule has 0 atom stereocenters. The molecule has 14 heteroatoms. The molecular formula is C20H26N10O4. The maximum absolute atomic E-state index is 12.8. The van der Waals surface area contributed by atoms with E-state index >= 15 is 0 Å². The lowest BCUT2D eigenvalue weighted by Gasteiger charge is -2.07. The molecule has 14 nitrogen and oxygen atoms in total. The van der Waals surface area contributed by atoms with Crippen LogP contribution in [-0.4, -0.2) is 55.5 Å². The molecule has 3 amide bonds. The Kier molecular flexibility index (Phi) is 6.89. The van der Waals surface area contributed by atoms with Crippen molar-refractivity contribution in [2.75, 3.05) is 22.9 Å². The number of rotatable bonds is 8. The van der Waals surface area contributed by atoms with Crippen molar-refractivity contribution in [2.45, 2.75) is 27.2 Å². The van der Waals surface area contributed by atoms with Gasteiger partial charge in [0.1, 0.15) is 28.7 Å². The number of nitrogens with two attached hydrogens (primary N) is 2. The Morgan fingerprint density at radius 3 is 1.97 bits per heavy atom. The van der Waals surface area contributed by atoms with E-state index in [0.717, 1.165) is 0 Å². The van der Waals surface area contributed by atoms with Gasteiger partial charge in [-0.25, -0.2) is 0 Å². The summed E-state index contributed by atoms with van der Waals surface area (Å²) in [6.45, 7) is 5.20. The maximum Gasteiger partial charge on any atom is 0.274 e. The first-order chi connectivity index (χ1) is 16.1. The summed E-state index contributed by atoms with van der Waals surface area (Å²) in [5.74, 6) is -1.08. The van der Waals surface area contributed by atoms with Crippen molar-refractivity contribution in [1.29, 1.82) is 0 Å². The van der Waals surface area contributed by atoms with Crippen LogP contribution in [0.2, 0.25) is 0 Å². The lowest BCUT2D eigenvalue weighted by Crippen LogP contribution is -2.28. The monoisotopic (exact) mass is 470 g/mol. The highest BCUT2D eigenvalue weighted by Gasteiger charge is 2.21. The van der Waals surface area contributed by atoms with Gasteiger partial charge < -0.3 is 42.6 Å². The molecule has 0 saturated carbocycles. The number of amidine groups is 1. The molecule has 3 aromatic rings. The summed E-state index contributed by atoms with van der Waals surface area (Å²) < 4.78 is 0. The standard InChI is InChI=1S/C20H26N10O4/c1-8-11(6-24-14(8)18(31)23-5-4-13(21)30-34)26-19(32)15-9(2)12(7-25-15)27-20(33)16-10(3)17(22)29-28-16/h6-7,24-25,34H,4-5H2,1-3H3,(H2,21,30)(H,23,31)(H,26,32)(H,27,33)(H3,22,28,29). The fourth-order valence-corrected chi connectivity index (χ4v) is 3.17. The highest BCUT2D eigenvalue weighted by molar-refractivity contribution is 6.09. The van der Waals surface area contributed by atoms with Crippen LogP contribution in [0.4, 0.5) is 17.2 Å². The molecular weight excluding hydrogens is 444 g/mol. The second-order valence-corrected chi connectivity index (χ2v) is 7.52. The predicted molar refractivity (Wildman–Crippen MR) is 125 cm³/mol. The average Bonchev–Trinajstić information content (AvgIpc) is 3.46. The molecule has 0 aromatic carbocycles. The number of hydrogen-bond acceptors (Lipinski definition) is 7. The molecule has 11 N–H and O–H groups in total. The molecule has 0 fully saturated rings. The second-order valence-electron chi connectivity index (χ2n) is 7.52. The van der Waals surface area contributed by atoms with Crippen molar-refractivity contribution in [3.8, 4) is 0 Å². The summed E-state index contributed by atoms with van der Waals surface area (Å²) in [5.41, 5.74) is 14.2. The molecule has 3 rings (SSSR count). The topological polar surface area (TPSA) is 232 Å². The fourth-order valence-electron chi connectivity index (χ4n) is 3.17. The number of hydrogen-bond donors (Lipinski definition) is 9. The fraction of sp³-hybridized carbons (Fsp3) is 0.250. The highest BCUT2D eigenvalue weighted by Crippen LogP contribution is 2.23. The maximum atomic E-state index is 12.8. The van der Waals surface area contributed by atoms with Crippen molar-refractivity contribution in [3.63, 3.8) is 0 Å². The van der Waals surface area contributed by atoms with Crippen LogP contribution in [-0.2, 0) is 0 Å². The Hall–Kier alpha value is -4.75. The van der Waals surface area contributed by atoms with E-state index in [1.54, 1.807) is 20.8 Å². The van der Waals surface area contributed by atoms with Crippen molar-refractivity contribution in [2.24, 2.45) is 10.9 Å². The summed E-state index contributed by atoms with van der Waals surface area (Å²) in [4.78, 5) is 43.3. The van der Waals surface area contributed by atoms with Crippen molar-refractivity contribution < 1.29 is 19.6 Å². The molecule has 34 heavy (non-hydrogen) atoms. The van der Waals surface area contributed by atoms with Crippen LogP contribution in [0.5, 0.6) is 0 Å². The third-order valence-electron chi connectivity index (χ3n) is 5.30. The largest absolute Gasteiger partial charge is 0.409 e. The number of amides is 3. The van der Waals surface area contributed by atoms with Gasteiger partial charge in [0.2, 0.25) is 0 Å². The molecule has 0 aliphatic rings. The lowest BCUT2D eigenvalue weighted by atomic mass is 10.2. The molecule has 0 aliphatic carbocycles. The van der Waals surface area contributed by atoms with E-state index in [0.29, 0.717) is 28.1 Å². The van der Waals surface area contributed by atoms with Crippen LogP contribution in [0.15, 0.2) is 17.5 Å². The summed E-state index contributed by atoms with van der Waals surface area (Å²) >= 11 is 0. The minimum atomic E-state index is -0.457. The summed E-state index contributed by atoms with van der Waals surface area (Å²) in [6, 6.07) is 0. The summed E-state index contributed by atoms with van der Waals surface area (Å²) in [5, 5.41) is 25.8. The number of nitrogens with zero attached hydrogens (tertiary/aromatic N) is 2. The SMILES string of the molecule is Cc1c(NC(=O)c2[nH]cc(NC(=O)c3[nH]nc(N)c3C)c2C)c[nH]c1C(=O)NCCC(N)=NO. The minimum absolute atomic E-state index is 0.00262. The predicted octanol–water partition coefficient (Wildman–Crippen LogP) is 0.944. The van der Waals surface area contributed by atoms with Crippen molar-refractivity contribution in [1.82, 2.24) is 25.5 Å². The Bertz CT molecular complexity index is 1270. The van der Waals surface area contributed by atoms with Gasteiger partial charge in [0.25, 0.3) is 17.7 Å². The van der Waals surface area contributed by atoms with Gasteiger partial charge in [0, 0.05) is 42.0 Å². The zero-order valence-electron chi connectivity index (χ0n) is 18.8. The Morgan fingerprint density at radius 1 is 0.941 bits per heavy atom. The number of aromatic amines is 3. The van der Waals surface area contributed by atoms with E-state index < -0.39 is 17.7 Å². The Labute approximate surface area is 193 Å². The molecule has 0 spiro atoms. The van der Waals surface area contributed by atoms with E-state index in [2.05, 4.69) is 41.3 Å². The van der Waals surface area contributed by atoms with Crippen LogP contribution in [0.3, 0.4) is 0 Å². The first-order valence-corrected chi connectivity index (χ1v) is 10.2. The Morgan fingerprint density at radius 2 is 1.47 bits per heavy atom. The number of nitrogens with one attached hydrogen (secondary N) is 6. The minimum Gasteiger partial charge on any atom is -0.409 e. The van der Waals surface area contributed by atoms with Gasteiger partial charge in [-0.3, -0.25) is 19.5 Å². The van der Waals surface area contributed by atoms with E-state index in [1.165, 1.54) is 12.4 Å². The normalized spacial score (nSPS) is 11.3. The van der Waals surface area contributed by atoms with E-state index in [9.17, 15) is 14.4 Å². The second kappa shape index (κ2) is 9.81. The summed E-state index contributed by atoms with van der Waals surface area (Å²) in [6.07, 6.45) is 3.18. The van der Waals surface area contributed by atoms with E-state index in [-0.39, 0.29) is 41.7 Å². The van der Waals surface area contributed by atoms with Gasteiger partial charge in [-0.1, -0.05) is 5.16 Å². The quantitative estimate of drug-likeness (QED) is 0.0999. The Balaban J connectivity index is 1.66. The molecule has 0 unspecified atom stereocenters. The van der Waals surface area contributed by atoms with Gasteiger partial charge >= 0.3 is 0 Å². The number of H-pyrrole nitrogens is 3. The molecule has 3 heterocycles. The van der Waals surface area contributed by atoms with Gasteiger partial charge in [-0.2, -0.15) is 5.10 Å². The van der Waals surface area contributed by atoms with Crippen LogP contribution in [0.1, 0.15) is 54.6 Å². The smallest absolute Gasteiger partial charge is 0.274 e. The van der Waals surface area contributed by atoms with Gasteiger partial charge in [-0.05, 0) is 20.8 Å². The zero-order chi connectivity index (χ0) is 25.0. The van der Waals surface area contributed by atoms with Crippen molar-refractivity contribution in [3.05, 3.63) is 46.2 Å². The van der Waals surface area contributed by atoms with Crippen LogP contribution < -0.4 is 27.4 Å². The van der Waals surface area contributed by atoms with Gasteiger partial charge in [0.05, 0.1) is 11.4 Å². The van der Waals surface area contributed by atoms with Gasteiger partial charge in [0.15, 0.2) is 0 Å². The first kappa shape index (κ1) is 23.9. The lowest BCUT2D eigenvalue weighted by molar-refractivity contribution is 0.0947. The van der Waals surface area contributed by atoms with Crippen molar-refractivity contribution >= 4 is 40.7 Å². The zero-order valence-corrected chi connectivity index (χ0v) is 18.8. The molecule has 0 saturated heterocycles. The third-order valence-corrected chi connectivity index (χ3v) is 5.30. The van der Waals surface area contributed by atoms with E-state index in [4.69, 9.17) is 16.7 Å². The molecule has 0 bridgehead atoms. The highest BCUT2D eigenvalue weighted by atomic mass is 16.4. The van der Waals surface area contributed by atoms with Gasteiger partial charge in [-0.15, -0.1) is 0 Å². The average molecular weight is 470 g/mol.